The monoisotopic (exact) mass is 274 g/mol. The molecular formula is C12H16ClFN2O2. The van der Waals surface area contributed by atoms with Crippen molar-refractivity contribution in [2.45, 2.75) is 6.54 Å². The largest absolute Gasteiger partial charge is 0.383 e. The second-order valence-electron chi connectivity index (χ2n) is 3.68. The van der Waals surface area contributed by atoms with Crippen molar-refractivity contribution in [3.05, 3.63) is 34.6 Å². The van der Waals surface area contributed by atoms with Gasteiger partial charge in [-0.1, -0.05) is 11.6 Å². The molecule has 0 bridgehead atoms. The Balaban J connectivity index is 2.28. The lowest BCUT2D eigenvalue weighted by Gasteiger charge is -2.07. The molecule has 0 saturated heterocycles. The number of amides is 1. The average molecular weight is 275 g/mol. The van der Waals surface area contributed by atoms with Crippen molar-refractivity contribution in [1.29, 1.82) is 0 Å². The van der Waals surface area contributed by atoms with Crippen LogP contribution in [0.25, 0.3) is 0 Å². The maximum atomic E-state index is 13.0. The molecule has 0 radical (unpaired) electrons. The molecule has 1 aromatic carbocycles. The van der Waals surface area contributed by atoms with Gasteiger partial charge in [0.25, 0.3) is 0 Å². The number of benzene rings is 1. The van der Waals surface area contributed by atoms with Crippen LogP contribution in [-0.2, 0) is 16.1 Å². The molecule has 2 N–H and O–H groups in total. The lowest BCUT2D eigenvalue weighted by atomic mass is 10.2. The summed E-state index contributed by atoms with van der Waals surface area (Å²) in [4.78, 5) is 11.3. The van der Waals surface area contributed by atoms with Crippen LogP contribution in [0.15, 0.2) is 18.2 Å². The normalized spacial score (nSPS) is 10.4. The van der Waals surface area contributed by atoms with Gasteiger partial charge in [-0.2, -0.15) is 0 Å². The Bertz CT molecular complexity index is 402. The van der Waals surface area contributed by atoms with E-state index >= 15 is 0 Å². The molecule has 6 heteroatoms. The molecule has 4 nitrogen and oxygen atoms in total. The molecule has 0 fully saturated rings. The van der Waals surface area contributed by atoms with E-state index in [4.69, 9.17) is 16.3 Å². The fourth-order valence-corrected chi connectivity index (χ4v) is 1.53. The van der Waals surface area contributed by atoms with Gasteiger partial charge >= 0.3 is 0 Å². The maximum Gasteiger partial charge on any atom is 0.234 e. The van der Waals surface area contributed by atoms with E-state index in [1.807, 2.05) is 0 Å². The first-order valence-corrected chi connectivity index (χ1v) is 5.91. The topological polar surface area (TPSA) is 50.4 Å². The minimum absolute atomic E-state index is 0.139. The van der Waals surface area contributed by atoms with Gasteiger partial charge in [-0.15, -0.1) is 0 Å². The third-order valence-corrected chi connectivity index (χ3v) is 2.61. The van der Waals surface area contributed by atoms with Gasteiger partial charge in [-0.25, -0.2) is 4.39 Å². The highest BCUT2D eigenvalue weighted by Gasteiger charge is 2.04. The minimum Gasteiger partial charge on any atom is -0.383 e. The van der Waals surface area contributed by atoms with Crippen molar-refractivity contribution >= 4 is 17.5 Å². The Morgan fingerprint density at radius 3 is 3.00 bits per heavy atom. The smallest absolute Gasteiger partial charge is 0.234 e. The van der Waals surface area contributed by atoms with Crippen molar-refractivity contribution < 1.29 is 13.9 Å². The molecule has 0 aliphatic rings. The zero-order valence-corrected chi connectivity index (χ0v) is 10.9. The molecule has 0 heterocycles. The van der Waals surface area contributed by atoms with Crippen LogP contribution in [0, 0.1) is 5.82 Å². The summed E-state index contributed by atoms with van der Waals surface area (Å²) >= 11 is 5.89. The number of carbonyl (C=O) groups excluding carboxylic acids is 1. The number of halogens is 2. The molecule has 0 saturated carbocycles. The van der Waals surface area contributed by atoms with Crippen LogP contribution in [0.2, 0.25) is 5.02 Å². The van der Waals surface area contributed by atoms with Gasteiger partial charge in [-0.05, 0) is 23.8 Å². The molecule has 0 aliphatic carbocycles. The summed E-state index contributed by atoms with van der Waals surface area (Å²) in [6.07, 6.45) is 0. The summed E-state index contributed by atoms with van der Waals surface area (Å²) in [7, 11) is 1.57. The Kier molecular flexibility index (Phi) is 6.64. The summed E-state index contributed by atoms with van der Waals surface area (Å²) in [6.45, 7) is 1.43. The van der Waals surface area contributed by atoms with E-state index in [2.05, 4.69) is 10.6 Å². The Hall–Kier alpha value is -1.17. The molecule has 1 amide bonds. The summed E-state index contributed by atoms with van der Waals surface area (Å²) in [5.74, 6) is -0.486. The van der Waals surface area contributed by atoms with Crippen molar-refractivity contribution in [2.24, 2.45) is 0 Å². The third-order valence-electron chi connectivity index (χ3n) is 2.24. The summed E-state index contributed by atoms with van der Waals surface area (Å²) in [5.41, 5.74) is 0.626. The Labute approximate surface area is 110 Å². The second-order valence-corrected chi connectivity index (χ2v) is 4.09. The van der Waals surface area contributed by atoms with Crippen LogP contribution >= 0.6 is 11.6 Å². The standard InChI is InChI=1S/C12H16ClFN2O2/c1-18-5-4-16-12(17)8-15-7-9-6-10(14)2-3-11(9)13/h2-3,6,15H,4-5,7-8H2,1H3,(H,16,17). The lowest BCUT2D eigenvalue weighted by molar-refractivity contribution is -0.120. The highest BCUT2D eigenvalue weighted by molar-refractivity contribution is 6.31. The van der Waals surface area contributed by atoms with Gasteiger partial charge in [0.2, 0.25) is 5.91 Å². The molecule has 1 rings (SSSR count). The van der Waals surface area contributed by atoms with Crippen LogP contribution < -0.4 is 10.6 Å². The van der Waals surface area contributed by atoms with Crippen LogP contribution in [0.5, 0.6) is 0 Å². The number of ether oxygens (including phenoxy) is 1. The molecule has 18 heavy (non-hydrogen) atoms. The van der Waals surface area contributed by atoms with Crippen molar-refractivity contribution in [1.82, 2.24) is 10.6 Å². The van der Waals surface area contributed by atoms with Gasteiger partial charge in [0.05, 0.1) is 13.2 Å². The van der Waals surface area contributed by atoms with Crippen LogP contribution in [0.4, 0.5) is 4.39 Å². The van der Waals surface area contributed by atoms with E-state index in [1.165, 1.54) is 18.2 Å². The van der Waals surface area contributed by atoms with Crippen LogP contribution in [-0.4, -0.2) is 32.7 Å². The third kappa shape index (κ3) is 5.44. The van der Waals surface area contributed by atoms with Crippen LogP contribution in [0.3, 0.4) is 0 Å². The quantitative estimate of drug-likeness (QED) is 0.738. The first-order valence-electron chi connectivity index (χ1n) is 5.53. The molecule has 0 unspecified atom stereocenters. The zero-order chi connectivity index (χ0) is 13.4. The molecule has 0 aliphatic heterocycles. The van der Waals surface area contributed by atoms with Crippen molar-refractivity contribution in [3.63, 3.8) is 0 Å². The zero-order valence-electron chi connectivity index (χ0n) is 10.1. The lowest BCUT2D eigenvalue weighted by Crippen LogP contribution is -2.35. The van der Waals surface area contributed by atoms with Crippen LogP contribution in [0.1, 0.15) is 5.56 Å². The Morgan fingerprint density at radius 1 is 1.50 bits per heavy atom. The molecule has 0 spiro atoms. The number of nitrogens with one attached hydrogen (secondary N) is 2. The van der Waals surface area contributed by atoms with Gasteiger partial charge < -0.3 is 15.4 Å². The number of carbonyl (C=O) groups is 1. The summed E-state index contributed by atoms with van der Waals surface area (Å²) in [5, 5.41) is 6.03. The van der Waals surface area contributed by atoms with Gasteiger partial charge in [0.15, 0.2) is 0 Å². The SMILES string of the molecule is COCCNC(=O)CNCc1cc(F)ccc1Cl. The molecule has 0 atom stereocenters. The summed E-state index contributed by atoms with van der Waals surface area (Å²) in [6, 6.07) is 4.13. The summed E-state index contributed by atoms with van der Waals surface area (Å²) < 4.78 is 17.8. The Morgan fingerprint density at radius 2 is 2.28 bits per heavy atom. The van der Waals surface area contributed by atoms with E-state index in [9.17, 15) is 9.18 Å². The number of hydrogen-bond acceptors (Lipinski definition) is 3. The predicted molar refractivity (Wildman–Crippen MR) is 68.0 cm³/mol. The van der Waals surface area contributed by atoms with E-state index in [0.717, 1.165) is 0 Å². The number of hydrogen-bond donors (Lipinski definition) is 2. The second kappa shape index (κ2) is 8.02. The van der Waals surface area contributed by atoms with Crippen molar-refractivity contribution in [3.8, 4) is 0 Å². The van der Waals surface area contributed by atoms with Crippen molar-refractivity contribution in [2.75, 3.05) is 26.8 Å². The van der Waals surface area contributed by atoms with E-state index in [-0.39, 0.29) is 18.3 Å². The highest BCUT2D eigenvalue weighted by Crippen LogP contribution is 2.16. The molecule has 100 valence electrons. The maximum absolute atomic E-state index is 13.0. The minimum atomic E-state index is -0.347. The first kappa shape index (κ1) is 14.9. The highest BCUT2D eigenvalue weighted by atomic mass is 35.5. The average Bonchev–Trinajstić information content (AvgIpc) is 2.34. The number of rotatable bonds is 7. The fraction of sp³-hybridized carbons (Fsp3) is 0.417. The van der Waals surface area contributed by atoms with Gasteiger partial charge in [0.1, 0.15) is 5.82 Å². The molecule has 0 aromatic heterocycles. The number of methoxy groups -OCH3 is 1. The van der Waals surface area contributed by atoms with Gasteiger partial charge in [0, 0.05) is 25.2 Å². The molecule has 1 aromatic rings. The van der Waals surface area contributed by atoms with E-state index in [0.29, 0.717) is 30.3 Å². The molecular weight excluding hydrogens is 259 g/mol. The fourth-order valence-electron chi connectivity index (χ4n) is 1.34. The first-order chi connectivity index (χ1) is 8.63. The predicted octanol–water partition coefficient (Wildman–Crippen LogP) is 1.33. The van der Waals surface area contributed by atoms with Gasteiger partial charge in [-0.3, -0.25) is 4.79 Å². The van der Waals surface area contributed by atoms with E-state index < -0.39 is 0 Å². The van der Waals surface area contributed by atoms with E-state index in [1.54, 1.807) is 7.11 Å².